The number of rotatable bonds is 5. The van der Waals surface area contributed by atoms with Gasteiger partial charge in [-0.15, -0.1) is 0 Å². The van der Waals surface area contributed by atoms with Gasteiger partial charge in [-0.2, -0.15) is 4.31 Å². The first kappa shape index (κ1) is 14.8. The molecule has 0 aliphatic carbocycles. The van der Waals surface area contributed by atoms with E-state index >= 15 is 0 Å². The zero-order chi connectivity index (χ0) is 13.9. The summed E-state index contributed by atoms with van der Waals surface area (Å²) < 4.78 is 26.0. The number of sulfonamides is 1. The molecule has 110 valence electrons. The summed E-state index contributed by atoms with van der Waals surface area (Å²) in [5.41, 5.74) is 0. The first-order valence-electron chi connectivity index (χ1n) is 7.32. The zero-order valence-electron chi connectivity index (χ0n) is 11.7. The third-order valence-corrected chi connectivity index (χ3v) is 5.98. The van der Waals surface area contributed by atoms with Gasteiger partial charge in [0.2, 0.25) is 15.9 Å². The fraction of sp³-hybridized carbons (Fsp3) is 0.923. The van der Waals surface area contributed by atoms with Gasteiger partial charge in [-0.3, -0.25) is 4.79 Å². The predicted molar refractivity (Wildman–Crippen MR) is 74.2 cm³/mol. The van der Waals surface area contributed by atoms with Crippen molar-refractivity contribution in [3.8, 4) is 0 Å². The van der Waals surface area contributed by atoms with Crippen LogP contribution < -0.4 is 0 Å². The highest BCUT2D eigenvalue weighted by Gasteiger charge is 2.34. The Bertz CT molecular complexity index is 422. The van der Waals surface area contributed by atoms with Gasteiger partial charge in [-0.1, -0.05) is 13.3 Å². The first-order chi connectivity index (χ1) is 9.04. The van der Waals surface area contributed by atoms with Crippen LogP contribution in [0.15, 0.2) is 0 Å². The molecular weight excluding hydrogens is 264 g/mol. The summed E-state index contributed by atoms with van der Waals surface area (Å²) in [4.78, 5) is 13.7. The Hall–Kier alpha value is -0.620. The molecule has 2 heterocycles. The first-order valence-corrected chi connectivity index (χ1v) is 8.93. The molecule has 6 heteroatoms. The molecule has 19 heavy (non-hydrogen) atoms. The number of carbonyl (C=O) groups excluding carboxylic acids is 1. The van der Waals surface area contributed by atoms with Crippen LogP contribution in [0.25, 0.3) is 0 Å². The normalized spacial score (nSPS) is 26.1. The average molecular weight is 288 g/mol. The predicted octanol–water partition coefficient (Wildman–Crippen LogP) is 1.20. The highest BCUT2D eigenvalue weighted by atomic mass is 32.2. The third-order valence-electron chi connectivity index (χ3n) is 4.06. The van der Waals surface area contributed by atoms with Crippen molar-refractivity contribution in [1.29, 1.82) is 0 Å². The van der Waals surface area contributed by atoms with Gasteiger partial charge >= 0.3 is 0 Å². The van der Waals surface area contributed by atoms with Gasteiger partial charge in [0.25, 0.3) is 0 Å². The number of nitrogens with zero attached hydrogens (tertiary/aromatic N) is 2. The second-order valence-corrected chi connectivity index (χ2v) is 7.60. The summed E-state index contributed by atoms with van der Waals surface area (Å²) in [7, 11) is -3.13. The van der Waals surface area contributed by atoms with E-state index in [9.17, 15) is 13.2 Å². The third kappa shape index (κ3) is 3.48. The number of hydrogen-bond acceptors (Lipinski definition) is 3. The highest BCUT2D eigenvalue weighted by Crippen LogP contribution is 2.23. The van der Waals surface area contributed by atoms with Crippen molar-refractivity contribution in [3.63, 3.8) is 0 Å². The second kappa shape index (κ2) is 6.22. The molecule has 0 saturated carbocycles. The van der Waals surface area contributed by atoms with E-state index in [-0.39, 0.29) is 17.7 Å². The molecule has 5 nitrogen and oxygen atoms in total. The van der Waals surface area contributed by atoms with Crippen molar-refractivity contribution in [3.05, 3.63) is 0 Å². The average Bonchev–Trinajstić information content (AvgIpc) is 2.83. The van der Waals surface area contributed by atoms with E-state index in [1.54, 1.807) is 4.31 Å². The minimum Gasteiger partial charge on any atom is -0.338 e. The van der Waals surface area contributed by atoms with Gasteiger partial charge in [0.05, 0.1) is 5.75 Å². The van der Waals surface area contributed by atoms with Crippen molar-refractivity contribution in [1.82, 2.24) is 9.21 Å². The maximum atomic E-state index is 12.2. The van der Waals surface area contributed by atoms with Crippen LogP contribution in [0.3, 0.4) is 0 Å². The van der Waals surface area contributed by atoms with E-state index in [0.717, 1.165) is 32.2 Å². The molecule has 0 radical (unpaired) electrons. The number of carbonyl (C=O) groups is 1. The van der Waals surface area contributed by atoms with E-state index in [2.05, 4.69) is 0 Å². The Morgan fingerprint density at radius 2 is 2.05 bits per heavy atom. The van der Waals surface area contributed by atoms with E-state index in [1.165, 1.54) is 0 Å². The van der Waals surface area contributed by atoms with Crippen molar-refractivity contribution in [2.24, 2.45) is 0 Å². The summed E-state index contributed by atoms with van der Waals surface area (Å²) in [5.74, 6) is 0.433. The molecule has 2 saturated heterocycles. The van der Waals surface area contributed by atoms with Gasteiger partial charge in [-0.25, -0.2) is 8.42 Å². The Balaban J connectivity index is 1.98. The molecule has 0 aromatic heterocycles. The van der Waals surface area contributed by atoms with Gasteiger partial charge in [0.15, 0.2) is 0 Å². The molecule has 2 aliphatic heterocycles. The minimum absolute atomic E-state index is 0.0974. The molecule has 0 aromatic rings. The van der Waals surface area contributed by atoms with Crippen LogP contribution in [0.2, 0.25) is 0 Å². The fourth-order valence-electron chi connectivity index (χ4n) is 2.94. The molecule has 2 fully saturated rings. The molecule has 2 aliphatic rings. The second-order valence-electron chi connectivity index (χ2n) is 5.51. The number of amides is 1. The largest absolute Gasteiger partial charge is 0.338 e. The van der Waals surface area contributed by atoms with Crippen LogP contribution in [0.1, 0.15) is 45.4 Å². The number of hydrogen-bond donors (Lipinski definition) is 0. The van der Waals surface area contributed by atoms with E-state index < -0.39 is 10.0 Å². The Kier molecular flexibility index (Phi) is 4.84. The van der Waals surface area contributed by atoms with Gasteiger partial charge in [0, 0.05) is 32.1 Å². The van der Waals surface area contributed by atoms with Gasteiger partial charge in [0.1, 0.15) is 0 Å². The summed E-state index contributed by atoms with van der Waals surface area (Å²) in [6.45, 7) is 3.91. The molecule has 0 spiro atoms. The highest BCUT2D eigenvalue weighted by molar-refractivity contribution is 7.89. The van der Waals surface area contributed by atoms with Gasteiger partial charge < -0.3 is 4.90 Å². The number of unbranched alkanes of at least 4 members (excludes halogenated alkanes) is 1. The van der Waals surface area contributed by atoms with E-state index in [0.29, 0.717) is 25.9 Å². The van der Waals surface area contributed by atoms with E-state index in [4.69, 9.17) is 0 Å². The summed E-state index contributed by atoms with van der Waals surface area (Å²) in [6.07, 6.45) is 4.94. The SMILES string of the molecule is CCCCS(=O)(=O)N1CCCC(N2CCCC2=O)C1. The van der Waals surface area contributed by atoms with Crippen LogP contribution in [0, 0.1) is 0 Å². The zero-order valence-corrected chi connectivity index (χ0v) is 12.5. The van der Waals surface area contributed by atoms with Crippen LogP contribution in [-0.2, 0) is 14.8 Å². The minimum atomic E-state index is -3.13. The lowest BCUT2D eigenvalue weighted by Gasteiger charge is -2.36. The molecule has 0 aromatic carbocycles. The van der Waals surface area contributed by atoms with Crippen molar-refractivity contribution in [2.45, 2.75) is 51.5 Å². The fourth-order valence-corrected chi connectivity index (χ4v) is 4.66. The maximum Gasteiger partial charge on any atom is 0.222 e. The molecule has 0 bridgehead atoms. The van der Waals surface area contributed by atoms with Crippen molar-refractivity contribution >= 4 is 15.9 Å². The molecule has 0 N–H and O–H groups in total. The molecule has 1 unspecified atom stereocenters. The van der Waals surface area contributed by atoms with Crippen LogP contribution in [0.5, 0.6) is 0 Å². The lowest BCUT2D eigenvalue weighted by atomic mass is 10.1. The summed E-state index contributed by atoms with van der Waals surface area (Å²) in [6, 6.07) is 0.0974. The van der Waals surface area contributed by atoms with E-state index in [1.807, 2.05) is 11.8 Å². The molecule has 2 rings (SSSR count). The van der Waals surface area contributed by atoms with Crippen LogP contribution in [-0.4, -0.2) is 55.0 Å². The Morgan fingerprint density at radius 3 is 2.68 bits per heavy atom. The monoisotopic (exact) mass is 288 g/mol. The van der Waals surface area contributed by atoms with Crippen LogP contribution >= 0.6 is 0 Å². The smallest absolute Gasteiger partial charge is 0.222 e. The summed E-state index contributed by atoms with van der Waals surface area (Å²) in [5, 5.41) is 0. The molecule has 1 amide bonds. The van der Waals surface area contributed by atoms with Gasteiger partial charge in [-0.05, 0) is 25.7 Å². The number of piperidine rings is 1. The molecular formula is C13H24N2O3S. The lowest BCUT2D eigenvalue weighted by molar-refractivity contribution is -0.130. The van der Waals surface area contributed by atoms with Crippen molar-refractivity contribution < 1.29 is 13.2 Å². The number of likely N-dealkylation sites (tertiary alicyclic amines) is 1. The standard InChI is InChI=1S/C13H24N2O3S/c1-2-3-10-19(17,18)14-8-4-6-12(11-14)15-9-5-7-13(15)16/h12H,2-11H2,1H3. The Morgan fingerprint density at radius 1 is 1.26 bits per heavy atom. The summed E-state index contributed by atoms with van der Waals surface area (Å²) >= 11 is 0. The topological polar surface area (TPSA) is 57.7 Å². The van der Waals surface area contributed by atoms with Crippen LogP contribution in [0.4, 0.5) is 0 Å². The Labute approximate surface area is 116 Å². The quantitative estimate of drug-likeness (QED) is 0.764. The maximum absolute atomic E-state index is 12.2. The lowest BCUT2D eigenvalue weighted by Crippen LogP contribution is -2.50. The molecule has 1 atom stereocenters. The van der Waals surface area contributed by atoms with Crippen molar-refractivity contribution in [2.75, 3.05) is 25.4 Å².